The average Bonchev–Trinajstić information content (AvgIpc) is 2.76. The fourth-order valence-corrected chi connectivity index (χ4v) is 3.21. The SMILES string of the molecule is C=C(CC/C=C(\C)CC/C=C(\C)C(=O)O)[C@H](O)CC/C(C)=C/Cc1cc(C(=O)O)ccc1O. The van der Waals surface area contributed by atoms with Crippen LogP contribution in [-0.2, 0) is 11.2 Å². The van der Waals surface area contributed by atoms with Crippen LogP contribution in [-0.4, -0.2) is 38.5 Å². The summed E-state index contributed by atoms with van der Waals surface area (Å²) in [5.74, 6) is -1.86. The van der Waals surface area contributed by atoms with E-state index in [4.69, 9.17) is 10.2 Å². The maximum atomic E-state index is 11.1. The van der Waals surface area contributed by atoms with Gasteiger partial charge >= 0.3 is 11.9 Å². The number of phenols is 1. The summed E-state index contributed by atoms with van der Waals surface area (Å²) in [6.07, 6.45) is 9.73. The molecule has 0 saturated heterocycles. The van der Waals surface area contributed by atoms with E-state index in [9.17, 15) is 19.8 Å². The van der Waals surface area contributed by atoms with E-state index in [0.717, 1.165) is 24.0 Å². The van der Waals surface area contributed by atoms with Crippen molar-refractivity contribution in [2.45, 2.75) is 71.8 Å². The number of aromatic hydroxyl groups is 1. The highest BCUT2D eigenvalue weighted by molar-refractivity contribution is 5.88. The van der Waals surface area contributed by atoms with Crippen molar-refractivity contribution in [1.82, 2.24) is 0 Å². The van der Waals surface area contributed by atoms with E-state index in [-0.39, 0.29) is 11.3 Å². The zero-order valence-electron chi connectivity index (χ0n) is 19.8. The fourth-order valence-electron chi connectivity index (χ4n) is 3.21. The quantitative estimate of drug-likeness (QED) is 0.207. The number of aliphatic hydroxyl groups excluding tert-OH is 1. The monoisotopic (exact) mass is 456 g/mol. The van der Waals surface area contributed by atoms with E-state index in [0.29, 0.717) is 43.2 Å². The lowest BCUT2D eigenvalue weighted by Gasteiger charge is -2.14. The Morgan fingerprint density at radius 2 is 1.61 bits per heavy atom. The molecule has 6 nitrogen and oxygen atoms in total. The molecule has 180 valence electrons. The molecule has 1 aromatic carbocycles. The molecule has 1 atom stereocenters. The Balaban J connectivity index is 2.44. The minimum absolute atomic E-state index is 0.0638. The van der Waals surface area contributed by atoms with Gasteiger partial charge in [0.05, 0.1) is 11.7 Å². The lowest BCUT2D eigenvalue weighted by Crippen LogP contribution is -2.09. The van der Waals surface area contributed by atoms with Crippen molar-refractivity contribution >= 4 is 11.9 Å². The molecule has 0 aliphatic rings. The molecule has 0 saturated carbocycles. The molecular weight excluding hydrogens is 420 g/mol. The summed E-state index contributed by atoms with van der Waals surface area (Å²) in [7, 11) is 0. The molecule has 0 aliphatic heterocycles. The number of phenolic OH excluding ortho intramolecular Hbond substituents is 1. The predicted octanol–water partition coefficient (Wildman–Crippen LogP) is 5.81. The first-order valence-corrected chi connectivity index (χ1v) is 11.1. The zero-order chi connectivity index (χ0) is 25.0. The molecule has 0 amide bonds. The van der Waals surface area contributed by atoms with Gasteiger partial charge in [-0.2, -0.15) is 0 Å². The van der Waals surface area contributed by atoms with Gasteiger partial charge in [-0.3, -0.25) is 0 Å². The van der Waals surface area contributed by atoms with Crippen molar-refractivity contribution in [3.63, 3.8) is 0 Å². The fraction of sp³-hybridized carbons (Fsp3) is 0.407. The standard InChI is InChI=1S/C27H36O6/c1-18(8-6-10-21(4)26(30)31)7-5-9-20(3)24(28)15-12-19(2)11-13-22-17-23(27(32)33)14-16-25(22)29/h7,10-11,14,16-17,24,28-29H,3,5-6,8-9,12-13,15H2,1-2,4H3,(H,30,31)(H,32,33)/b18-7+,19-11+,21-10+/t24-/m1/s1. The van der Waals surface area contributed by atoms with Crippen molar-refractivity contribution < 1.29 is 30.0 Å². The Morgan fingerprint density at radius 3 is 2.24 bits per heavy atom. The maximum Gasteiger partial charge on any atom is 0.335 e. The lowest BCUT2D eigenvalue weighted by molar-refractivity contribution is -0.132. The molecule has 1 rings (SSSR count). The molecule has 6 heteroatoms. The van der Waals surface area contributed by atoms with Gasteiger partial charge in [0.1, 0.15) is 5.75 Å². The van der Waals surface area contributed by atoms with Crippen molar-refractivity contribution in [2.75, 3.05) is 0 Å². The number of rotatable bonds is 14. The van der Waals surface area contributed by atoms with E-state index in [2.05, 4.69) is 12.7 Å². The third kappa shape index (κ3) is 10.8. The molecule has 0 aliphatic carbocycles. The highest BCUT2D eigenvalue weighted by Crippen LogP contribution is 2.22. The lowest BCUT2D eigenvalue weighted by atomic mass is 9.98. The minimum Gasteiger partial charge on any atom is -0.508 e. The molecule has 1 aromatic rings. The number of carbonyl (C=O) groups is 2. The second-order valence-electron chi connectivity index (χ2n) is 8.44. The van der Waals surface area contributed by atoms with Crippen LogP contribution in [0.25, 0.3) is 0 Å². The number of hydrogen-bond acceptors (Lipinski definition) is 4. The van der Waals surface area contributed by atoms with Crippen molar-refractivity contribution in [3.05, 3.63) is 76.4 Å². The number of aliphatic carboxylic acids is 1. The van der Waals surface area contributed by atoms with E-state index >= 15 is 0 Å². The zero-order valence-corrected chi connectivity index (χ0v) is 19.8. The van der Waals surface area contributed by atoms with Crippen molar-refractivity contribution in [1.29, 1.82) is 0 Å². The van der Waals surface area contributed by atoms with Crippen LogP contribution in [0.4, 0.5) is 0 Å². The normalized spacial score (nSPS) is 13.6. The Labute approximate surface area is 196 Å². The van der Waals surface area contributed by atoms with Crippen LogP contribution in [0.2, 0.25) is 0 Å². The van der Waals surface area contributed by atoms with Gasteiger partial charge in [0.25, 0.3) is 0 Å². The number of hydrogen-bond donors (Lipinski definition) is 4. The number of benzene rings is 1. The molecule has 0 heterocycles. The summed E-state index contributed by atoms with van der Waals surface area (Å²) >= 11 is 0. The molecule has 0 fully saturated rings. The summed E-state index contributed by atoms with van der Waals surface area (Å²) in [6.45, 7) is 9.55. The highest BCUT2D eigenvalue weighted by atomic mass is 16.4. The summed E-state index contributed by atoms with van der Waals surface area (Å²) < 4.78 is 0. The van der Waals surface area contributed by atoms with E-state index < -0.39 is 18.0 Å². The van der Waals surface area contributed by atoms with Gasteiger partial charge < -0.3 is 20.4 Å². The number of aromatic carboxylic acids is 1. The van der Waals surface area contributed by atoms with Gasteiger partial charge in [-0.15, -0.1) is 0 Å². The Hall–Kier alpha value is -3.12. The molecular formula is C27H36O6. The average molecular weight is 457 g/mol. The largest absolute Gasteiger partial charge is 0.508 e. The van der Waals surface area contributed by atoms with Gasteiger partial charge in [-0.1, -0.05) is 36.0 Å². The van der Waals surface area contributed by atoms with Gasteiger partial charge in [0.15, 0.2) is 0 Å². The first kappa shape index (κ1) is 27.9. The van der Waals surface area contributed by atoms with Crippen LogP contribution in [0.3, 0.4) is 0 Å². The first-order valence-electron chi connectivity index (χ1n) is 11.1. The summed E-state index contributed by atoms with van der Waals surface area (Å²) in [5, 5.41) is 38.3. The van der Waals surface area contributed by atoms with E-state index in [1.165, 1.54) is 23.8 Å². The van der Waals surface area contributed by atoms with Crippen LogP contribution in [0, 0.1) is 0 Å². The number of carboxylic acid groups (broad SMARTS) is 2. The topological polar surface area (TPSA) is 115 Å². The van der Waals surface area contributed by atoms with Gasteiger partial charge in [-0.25, -0.2) is 9.59 Å². The second-order valence-corrected chi connectivity index (χ2v) is 8.44. The first-order chi connectivity index (χ1) is 15.5. The molecule has 0 aromatic heterocycles. The second kappa shape index (κ2) is 14.1. The molecule has 0 spiro atoms. The maximum absolute atomic E-state index is 11.1. The Morgan fingerprint density at radius 1 is 0.970 bits per heavy atom. The molecule has 4 N–H and O–H groups in total. The molecule has 0 unspecified atom stereocenters. The summed E-state index contributed by atoms with van der Waals surface area (Å²) in [4.78, 5) is 21.9. The van der Waals surface area contributed by atoms with Crippen molar-refractivity contribution in [3.8, 4) is 5.75 Å². The number of aliphatic hydroxyl groups is 1. The van der Waals surface area contributed by atoms with Crippen LogP contribution >= 0.6 is 0 Å². The smallest absolute Gasteiger partial charge is 0.335 e. The van der Waals surface area contributed by atoms with Crippen LogP contribution in [0.5, 0.6) is 5.75 Å². The molecule has 0 radical (unpaired) electrons. The summed E-state index contributed by atoms with van der Waals surface area (Å²) in [6, 6.07) is 4.23. The van der Waals surface area contributed by atoms with Gasteiger partial charge in [0.2, 0.25) is 0 Å². The minimum atomic E-state index is -1.03. The van der Waals surface area contributed by atoms with E-state index in [1.807, 2.05) is 19.9 Å². The molecule has 33 heavy (non-hydrogen) atoms. The van der Waals surface area contributed by atoms with E-state index in [1.54, 1.807) is 13.0 Å². The van der Waals surface area contributed by atoms with Crippen LogP contribution in [0.1, 0.15) is 75.2 Å². The summed E-state index contributed by atoms with van der Waals surface area (Å²) in [5.41, 5.74) is 4.05. The van der Waals surface area contributed by atoms with Crippen LogP contribution < -0.4 is 0 Å². The van der Waals surface area contributed by atoms with Crippen molar-refractivity contribution in [2.24, 2.45) is 0 Å². The number of carboxylic acids is 2. The van der Waals surface area contributed by atoms with Crippen LogP contribution in [0.15, 0.2) is 65.3 Å². The Bertz CT molecular complexity index is 936. The van der Waals surface area contributed by atoms with Gasteiger partial charge in [0, 0.05) is 5.57 Å². The third-order valence-electron chi connectivity index (χ3n) is 5.57. The Kier molecular flexibility index (Phi) is 11.9. The highest BCUT2D eigenvalue weighted by Gasteiger charge is 2.10. The molecule has 0 bridgehead atoms. The number of allylic oxidation sites excluding steroid dienone is 5. The predicted molar refractivity (Wildman–Crippen MR) is 131 cm³/mol. The third-order valence-corrected chi connectivity index (χ3v) is 5.57. The van der Waals surface area contributed by atoms with Gasteiger partial charge in [-0.05, 0) is 95.1 Å².